The second-order valence-corrected chi connectivity index (χ2v) is 5.28. The fourth-order valence-corrected chi connectivity index (χ4v) is 2.46. The van der Waals surface area contributed by atoms with E-state index in [1.807, 2.05) is 0 Å². The van der Waals surface area contributed by atoms with Gasteiger partial charge in [0.1, 0.15) is 0 Å². The van der Waals surface area contributed by atoms with Gasteiger partial charge in [-0.3, -0.25) is 4.79 Å². The van der Waals surface area contributed by atoms with Gasteiger partial charge in [0, 0.05) is 24.2 Å². The highest BCUT2D eigenvalue weighted by atomic mass is 16.5. The second kappa shape index (κ2) is 6.63. The highest BCUT2D eigenvalue weighted by Crippen LogP contribution is 2.21. The number of nitrogen functional groups attached to an aromatic ring is 1. The van der Waals surface area contributed by atoms with Gasteiger partial charge in [0.25, 0.3) is 5.91 Å². The van der Waals surface area contributed by atoms with Crippen LogP contribution in [-0.4, -0.2) is 58.2 Å². The van der Waals surface area contributed by atoms with Gasteiger partial charge in [-0.25, -0.2) is 14.8 Å². The number of carbonyl (C=O) groups is 2. The first-order chi connectivity index (χ1) is 11.6. The molecule has 1 aliphatic rings. The average molecular weight is 328 g/mol. The van der Waals surface area contributed by atoms with Crippen LogP contribution in [0.3, 0.4) is 0 Å². The lowest BCUT2D eigenvalue weighted by atomic mass is 10.1. The van der Waals surface area contributed by atoms with Crippen molar-refractivity contribution in [3.63, 3.8) is 0 Å². The Bertz CT molecular complexity index is 787. The SMILES string of the molecule is Nc1ncc(-c2cccc(C(=O)N3CCOCC3)c2)nc1C(=O)O. The Morgan fingerprint density at radius 3 is 2.71 bits per heavy atom. The molecule has 0 saturated carbocycles. The van der Waals surface area contributed by atoms with Crippen molar-refractivity contribution in [2.24, 2.45) is 0 Å². The van der Waals surface area contributed by atoms with E-state index in [0.717, 1.165) is 0 Å². The molecule has 0 spiro atoms. The van der Waals surface area contributed by atoms with Gasteiger partial charge in [-0.05, 0) is 12.1 Å². The molecule has 1 aliphatic heterocycles. The maximum atomic E-state index is 12.5. The van der Waals surface area contributed by atoms with Crippen LogP contribution in [-0.2, 0) is 4.74 Å². The Morgan fingerprint density at radius 2 is 2.00 bits per heavy atom. The molecule has 2 heterocycles. The van der Waals surface area contributed by atoms with Gasteiger partial charge in [0.15, 0.2) is 11.5 Å². The van der Waals surface area contributed by atoms with Crippen LogP contribution >= 0.6 is 0 Å². The predicted octanol–water partition coefficient (Wildman–Crippen LogP) is 0.896. The molecule has 8 heteroatoms. The highest BCUT2D eigenvalue weighted by Gasteiger charge is 2.19. The number of hydrogen-bond acceptors (Lipinski definition) is 6. The van der Waals surface area contributed by atoms with E-state index >= 15 is 0 Å². The number of carbonyl (C=O) groups excluding carboxylic acids is 1. The van der Waals surface area contributed by atoms with Crippen molar-refractivity contribution in [3.05, 3.63) is 41.7 Å². The smallest absolute Gasteiger partial charge is 0.358 e. The van der Waals surface area contributed by atoms with E-state index in [9.17, 15) is 9.59 Å². The third-order valence-corrected chi connectivity index (χ3v) is 3.71. The summed E-state index contributed by atoms with van der Waals surface area (Å²) in [5.41, 5.74) is 6.66. The maximum Gasteiger partial charge on any atom is 0.358 e. The number of aromatic nitrogens is 2. The zero-order chi connectivity index (χ0) is 17.1. The first-order valence-electron chi connectivity index (χ1n) is 7.39. The number of nitrogens with two attached hydrogens (primary N) is 1. The first kappa shape index (κ1) is 15.9. The molecule has 0 bridgehead atoms. The summed E-state index contributed by atoms with van der Waals surface area (Å²) in [4.78, 5) is 33.3. The monoisotopic (exact) mass is 328 g/mol. The lowest BCUT2D eigenvalue weighted by Gasteiger charge is -2.27. The molecular weight excluding hydrogens is 312 g/mol. The zero-order valence-corrected chi connectivity index (χ0v) is 12.8. The molecule has 2 aromatic rings. The molecule has 1 aromatic carbocycles. The second-order valence-electron chi connectivity index (χ2n) is 5.28. The summed E-state index contributed by atoms with van der Waals surface area (Å²) in [7, 11) is 0. The summed E-state index contributed by atoms with van der Waals surface area (Å²) in [6, 6.07) is 6.84. The fourth-order valence-electron chi connectivity index (χ4n) is 2.46. The number of nitrogens with zero attached hydrogens (tertiary/aromatic N) is 3. The van der Waals surface area contributed by atoms with E-state index in [1.165, 1.54) is 6.20 Å². The number of anilines is 1. The van der Waals surface area contributed by atoms with Gasteiger partial charge in [-0.15, -0.1) is 0 Å². The minimum Gasteiger partial charge on any atom is -0.476 e. The third kappa shape index (κ3) is 3.18. The molecule has 124 valence electrons. The summed E-state index contributed by atoms with van der Waals surface area (Å²) >= 11 is 0. The number of aromatic carboxylic acids is 1. The molecule has 1 saturated heterocycles. The minimum atomic E-state index is -1.25. The summed E-state index contributed by atoms with van der Waals surface area (Å²) in [6.45, 7) is 2.15. The van der Waals surface area contributed by atoms with Crippen LogP contribution in [0.15, 0.2) is 30.5 Å². The van der Waals surface area contributed by atoms with Crippen LogP contribution in [0.25, 0.3) is 11.3 Å². The molecule has 0 radical (unpaired) electrons. The number of morpholine rings is 1. The van der Waals surface area contributed by atoms with Gasteiger partial charge in [0.05, 0.1) is 25.1 Å². The maximum absolute atomic E-state index is 12.5. The van der Waals surface area contributed by atoms with Gasteiger partial charge in [0.2, 0.25) is 0 Å². The van der Waals surface area contributed by atoms with Crippen molar-refractivity contribution in [2.45, 2.75) is 0 Å². The first-order valence-corrected chi connectivity index (χ1v) is 7.39. The number of carboxylic acids is 1. The fraction of sp³-hybridized carbons (Fsp3) is 0.250. The van der Waals surface area contributed by atoms with Crippen LogP contribution in [0.4, 0.5) is 5.82 Å². The Balaban J connectivity index is 1.92. The lowest BCUT2D eigenvalue weighted by molar-refractivity contribution is 0.0303. The van der Waals surface area contributed by atoms with Crippen LogP contribution < -0.4 is 5.73 Å². The molecule has 1 aromatic heterocycles. The number of benzene rings is 1. The minimum absolute atomic E-state index is 0.0954. The topological polar surface area (TPSA) is 119 Å². The van der Waals surface area contributed by atoms with Crippen molar-refractivity contribution in [1.82, 2.24) is 14.9 Å². The molecule has 8 nitrogen and oxygen atoms in total. The lowest BCUT2D eigenvalue weighted by Crippen LogP contribution is -2.40. The molecular formula is C16H16N4O4. The van der Waals surface area contributed by atoms with E-state index < -0.39 is 5.97 Å². The van der Waals surface area contributed by atoms with Gasteiger partial charge >= 0.3 is 5.97 Å². The molecule has 1 amide bonds. The van der Waals surface area contributed by atoms with E-state index in [1.54, 1.807) is 29.2 Å². The van der Waals surface area contributed by atoms with E-state index in [0.29, 0.717) is 43.1 Å². The third-order valence-electron chi connectivity index (χ3n) is 3.71. The zero-order valence-electron chi connectivity index (χ0n) is 12.8. The van der Waals surface area contributed by atoms with Gasteiger partial charge in [-0.2, -0.15) is 0 Å². The largest absolute Gasteiger partial charge is 0.476 e. The van der Waals surface area contributed by atoms with Crippen molar-refractivity contribution in [2.75, 3.05) is 32.0 Å². The summed E-state index contributed by atoms with van der Waals surface area (Å²) in [5, 5.41) is 9.09. The molecule has 3 rings (SSSR count). The van der Waals surface area contributed by atoms with Crippen molar-refractivity contribution < 1.29 is 19.4 Å². The number of hydrogen-bond donors (Lipinski definition) is 2. The molecule has 0 unspecified atom stereocenters. The Labute approximate surface area is 137 Å². The quantitative estimate of drug-likeness (QED) is 0.859. The summed E-state index contributed by atoms with van der Waals surface area (Å²) in [6.07, 6.45) is 1.39. The summed E-state index contributed by atoms with van der Waals surface area (Å²) in [5.74, 6) is -1.49. The summed E-state index contributed by atoms with van der Waals surface area (Å²) < 4.78 is 5.25. The van der Waals surface area contributed by atoms with Crippen molar-refractivity contribution in [1.29, 1.82) is 0 Å². The van der Waals surface area contributed by atoms with Crippen LogP contribution in [0.5, 0.6) is 0 Å². The van der Waals surface area contributed by atoms with Gasteiger partial charge < -0.3 is 20.5 Å². The Morgan fingerprint density at radius 1 is 1.25 bits per heavy atom. The van der Waals surface area contributed by atoms with E-state index in [2.05, 4.69) is 9.97 Å². The number of ether oxygens (including phenoxy) is 1. The van der Waals surface area contributed by atoms with Crippen molar-refractivity contribution in [3.8, 4) is 11.3 Å². The van der Waals surface area contributed by atoms with Crippen LogP contribution in [0.2, 0.25) is 0 Å². The average Bonchev–Trinajstić information content (AvgIpc) is 2.62. The number of amides is 1. The number of carboxylic acid groups (broad SMARTS) is 1. The van der Waals surface area contributed by atoms with Gasteiger partial charge in [-0.1, -0.05) is 12.1 Å². The van der Waals surface area contributed by atoms with Crippen LogP contribution in [0.1, 0.15) is 20.8 Å². The predicted molar refractivity (Wildman–Crippen MR) is 85.6 cm³/mol. The Kier molecular flexibility index (Phi) is 4.39. The molecule has 0 atom stereocenters. The van der Waals surface area contributed by atoms with Crippen LogP contribution in [0, 0.1) is 0 Å². The Hall–Kier alpha value is -3.00. The highest BCUT2D eigenvalue weighted by molar-refractivity contribution is 5.95. The normalized spacial score (nSPS) is 14.4. The van der Waals surface area contributed by atoms with Crippen molar-refractivity contribution >= 4 is 17.7 Å². The molecule has 24 heavy (non-hydrogen) atoms. The number of rotatable bonds is 3. The van der Waals surface area contributed by atoms with E-state index in [4.69, 9.17) is 15.6 Å². The molecule has 1 fully saturated rings. The molecule has 0 aliphatic carbocycles. The standard InChI is InChI=1S/C16H16N4O4/c17-14-13(16(22)23)19-12(9-18-14)10-2-1-3-11(8-10)15(21)20-4-6-24-7-5-20/h1-3,8-9H,4-7H2,(H2,17,18)(H,22,23). The van der Waals surface area contributed by atoms with E-state index in [-0.39, 0.29) is 17.4 Å². The molecule has 3 N–H and O–H groups in total.